The number of hydrogen-bond acceptors (Lipinski definition) is 4. The molecule has 2 amide bonds. The van der Waals surface area contributed by atoms with Crippen molar-refractivity contribution < 1.29 is 24.2 Å². The Bertz CT molecular complexity index is 1190. The van der Waals surface area contributed by atoms with Gasteiger partial charge in [-0.25, -0.2) is 9.18 Å². The Morgan fingerprint density at radius 3 is 2.44 bits per heavy atom. The molecule has 1 aromatic heterocycles. The Balaban J connectivity index is 1.81. The van der Waals surface area contributed by atoms with Crippen molar-refractivity contribution >= 4 is 17.7 Å². The summed E-state index contributed by atoms with van der Waals surface area (Å²) in [5, 5.41) is 24.1. The lowest BCUT2D eigenvalue weighted by Gasteiger charge is -2.18. The maximum absolute atomic E-state index is 13.9. The maximum Gasteiger partial charge on any atom is 0.319 e. The molecule has 0 aliphatic carbocycles. The second-order valence-corrected chi connectivity index (χ2v) is 7.26. The summed E-state index contributed by atoms with van der Waals surface area (Å²) in [5.74, 6) is -2.08. The Labute approximate surface area is 183 Å². The number of nitrogens with one attached hydrogen (secondary N) is 2. The van der Waals surface area contributed by atoms with Crippen molar-refractivity contribution in [3.63, 3.8) is 0 Å². The summed E-state index contributed by atoms with van der Waals surface area (Å²) in [6.07, 6.45) is 0.904. The van der Waals surface area contributed by atoms with Crippen LogP contribution in [0.4, 0.5) is 14.9 Å². The molecule has 3 aromatic rings. The van der Waals surface area contributed by atoms with E-state index in [0.29, 0.717) is 5.56 Å². The number of aromatic hydroxyl groups is 1. The van der Waals surface area contributed by atoms with Crippen LogP contribution in [0.3, 0.4) is 0 Å². The number of carboxylic acids is 1. The van der Waals surface area contributed by atoms with Gasteiger partial charge in [0, 0.05) is 11.8 Å². The molecular formula is C23H22FN3O5. The monoisotopic (exact) mass is 439 g/mol. The number of nitrogens with zero attached hydrogens (tertiary/aromatic N) is 1. The lowest BCUT2D eigenvalue weighted by Crippen LogP contribution is -2.36. The molecule has 0 spiro atoms. The van der Waals surface area contributed by atoms with Crippen molar-refractivity contribution in [2.24, 2.45) is 0 Å². The van der Waals surface area contributed by atoms with Gasteiger partial charge in [0.15, 0.2) is 5.69 Å². The molecule has 0 fully saturated rings. The predicted molar refractivity (Wildman–Crippen MR) is 116 cm³/mol. The second-order valence-electron chi connectivity index (χ2n) is 7.26. The number of rotatable bonds is 7. The lowest BCUT2D eigenvalue weighted by molar-refractivity contribution is -0.137. The first-order chi connectivity index (χ1) is 15.2. The van der Waals surface area contributed by atoms with Crippen LogP contribution >= 0.6 is 0 Å². The van der Waals surface area contributed by atoms with Gasteiger partial charge in [0.25, 0.3) is 5.56 Å². The number of urea groups is 1. The number of benzene rings is 2. The third-order valence-electron chi connectivity index (χ3n) is 4.84. The highest BCUT2D eigenvalue weighted by Crippen LogP contribution is 2.21. The fourth-order valence-corrected chi connectivity index (χ4v) is 3.15. The smallest absolute Gasteiger partial charge is 0.319 e. The number of hydrogen-bond donors (Lipinski definition) is 4. The summed E-state index contributed by atoms with van der Waals surface area (Å²) in [6, 6.07) is 12.4. The van der Waals surface area contributed by atoms with Crippen molar-refractivity contribution in [3.8, 4) is 5.75 Å². The Kier molecular flexibility index (Phi) is 6.89. The Morgan fingerprint density at radius 2 is 1.78 bits per heavy atom. The van der Waals surface area contributed by atoms with Crippen LogP contribution in [0.1, 0.15) is 29.2 Å². The first kappa shape index (κ1) is 22.5. The Morgan fingerprint density at radius 1 is 1.09 bits per heavy atom. The molecule has 8 nitrogen and oxygen atoms in total. The molecule has 0 saturated heterocycles. The van der Waals surface area contributed by atoms with Gasteiger partial charge in [0.2, 0.25) is 0 Å². The molecule has 0 saturated carbocycles. The number of amides is 2. The molecule has 0 unspecified atom stereocenters. The van der Waals surface area contributed by atoms with Gasteiger partial charge in [-0.05, 0) is 24.6 Å². The number of pyridine rings is 1. The molecule has 4 N–H and O–H groups in total. The zero-order chi connectivity index (χ0) is 23.3. The van der Waals surface area contributed by atoms with Crippen LogP contribution in [0.15, 0.2) is 65.6 Å². The van der Waals surface area contributed by atoms with E-state index < -0.39 is 40.9 Å². The first-order valence-corrected chi connectivity index (χ1v) is 9.76. The molecule has 0 aliphatic rings. The lowest BCUT2D eigenvalue weighted by atomic mass is 10.0. The van der Waals surface area contributed by atoms with Gasteiger partial charge < -0.3 is 25.4 Å². The average Bonchev–Trinajstić information content (AvgIpc) is 2.74. The van der Waals surface area contributed by atoms with E-state index >= 15 is 0 Å². The van der Waals surface area contributed by atoms with Gasteiger partial charge in [0.1, 0.15) is 11.6 Å². The van der Waals surface area contributed by atoms with E-state index in [1.54, 1.807) is 30.3 Å². The molecule has 0 bridgehead atoms. The van der Waals surface area contributed by atoms with Crippen LogP contribution in [0.25, 0.3) is 0 Å². The van der Waals surface area contributed by atoms with Gasteiger partial charge in [-0.3, -0.25) is 9.59 Å². The molecule has 0 radical (unpaired) electrons. The number of halogens is 1. The van der Waals surface area contributed by atoms with E-state index in [2.05, 4.69) is 10.6 Å². The van der Waals surface area contributed by atoms with Gasteiger partial charge in [-0.2, -0.15) is 0 Å². The molecule has 0 aliphatic heterocycles. The molecule has 1 atom stereocenters. The van der Waals surface area contributed by atoms with E-state index in [0.717, 1.165) is 10.1 Å². The molecule has 9 heteroatoms. The van der Waals surface area contributed by atoms with Crippen LogP contribution < -0.4 is 16.2 Å². The number of carboxylic acid groups (broad SMARTS) is 1. The third-order valence-corrected chi connectivity index (χ3v) is 4.84. The summed E-state index contributed by atoms with van der Waals surface area (Å²) in [5.41, 5.74) is 0.656. The second kappa shape index (κ2) is 9.78. The molecule has 2 aromatic carbocycles. The number of anilines is 1. The molecule has 32 heavy (non-hydrogen) atoms. The van der Waals surface area contributed by atoms with Gasteiger partial charge in [-0.1, -0.05) is 48.0 Å². The van der Waals surface area contributed by atoms with Gasteiger partial charge in [0.05, 0.1) is 19.0 Å². The van der Waals surface area contributed by atoms with E-state index in [9.17, 15) is 29.0 Å². The highest BCUT2D eigenvalue weighted by Gasteiger charge is 2.20. The van der Waals surface area contributed by atoms with E-state index in [1.165, 1.54) is 30.5 Å². The van der Waals surface area contributed by atoms with Crippen molar-refractivity contribution in [1.29, 1.82) is 0 Å². The van der Waals surface area contributed by atoms with Crippen LogP contribution in [0.2, 0.25) is 0 Å². The number of carbonyl (C=O) groups excluding carboxylic acids is 1. The molecule has 3 rings (SSSR count). The Hall–Kier alpha value is -4.14. The zero-order valence-electron chi connectivity index (χ0n) is 17.2. The summed E-state index contributed by atoms with van der Waals surface area (Å²) in [7, 11) is 0. The largest absolute Gasteiger partial charge is 0.505 e. The standard InChI is InChI=1S/C23H22FN3O5/c1-14-6-8-15(9-7-14)18(12-20(29)30)25-23(32)26-21-19(28)10-11-27(22(21)31)13-16-4-2-3-5-17(16)24/h2-11,18,28H,12-13H2,1H3,(H,29,30)(H2,25,26,32)/t18-/m0/s1. The molecule has 1 heterocycles. The van der Waals surface area contributed by atoms with Crippen molar-refractivity contribution in [3.05, 3.63) is 93.7 Å². The fraction of sp³-hybridized carbons (Fsp3) is 0.174. The van der Waals surface area contributed by atoms with Crippen LogP contribution in [-0.2, 0) is 11.3 Å². The van der Waals surface area contributed by atoms with Crippen molar-refractivity contribution in [2.45, 2.75) is 25.9 Å². The number of aliphatic carboxylic acids is 1. The highest BCUT2D eigenvalue weighted by atomic mass is 19.1. The summed E-state index contributed by atoms with van der Waals surface area (Å²) < 4.78 is 15.1. The van der Waals surface area contributed by atoms with Crippen LogP contribution in [0, 0.1) is 12.7 Å². The van der Waals surface area contributed by atoms with Crippen LogP contribution in [0.5, 0.6) is 5.75 Å². The first-order valence-electron chi connectivity index (χ1n) is 9.76. The van der Waals surface area contributed by atoms with E-state index in [4.69, 9.17) is 0 Å². The number of aromatic nitrogens is 1. The minimum absolute atomic E-state index is 0.104. The summed E-state index contributed by atoms with van der Waals surface area (Å²) in [6.45, 7) is 1.77. The van der Waals surface area contributed by atoms with Crippen molar-refractivity contribution in [1.82, 2.24) is 9.88 Å². The quantitative estimate of drug-likeness (QED) is 0.450. The van der Waals surface area contributed by atoms with Gasteiger partial charge in [-0.15, -0.1) is 0 Å². The van der Waals surface area contributed by atoms with E-state index in [1.807, 2.05) is 6.92 Å². The highest BCUT2D eigenvalue weighted by molar-refractivity contribution is 5.91. The molecular weight excluding hydrogens is 417 g/mol. The summed E-state index contributed by atoms with van der Waals surface area (Å²) in [4.78, 5) is 36.5. The summed E-state index contributed by atoms with van der Waals surface area (Å²) >= 11 is 0. The normalized spacial score (nSPS) is 11.6. The fourth-order valence-electron chi connectivity index (χ4n) is 3.15. The minimum Gasteiger partial charge on any atom is -0.505 e. The maximum atomic E-state index is 13.9. The third kappa shape index (κ3) is 5.51. The SMILES string of the molecule is Cc1ccc([C@H](CC(=O)O)NC(=O)Nc2c(O)ccn(Cc3ccccc3F)c2=O)cc1. The zero-order valence-corrected chi connectivity index (χ0v) is 17.2. The molecule has 166 valence electrons. The topological polar surface area (TPSA) is 121 Å². The predicted octanol–water partition coefficient (Wildman–Crippen LogP) is 3.39. The van der Waals surface area contributed by atoms with Crippen LogP contribution in [-0.4, -0.2) is 26.8 Å². The average molecular weight is 439 g/mol. The minimum atomic E-state index is -1.12. The number of aryl methyl sites for hydroxylation is 1. The van der Waals surface area contributed by atoms with Crippen molar-refractivity contribution in [2.75, 3.05) is 5.32 Å². The van der Waals surface area contributed by atoms with E-state index in [-0.39, 0.29) is 18.5 Å². The van der Waals surface area contributed by atoms with Gasteiger partial charge >= 0.3 is 12.0 Å². The number of carbonyl (C=O) groups is 2.